The number of nitrogens with one attached hydrogen (secondary N) is 1. The first-order valence-corrected chi connectivity index (χ1v) is 11.2. The van der Waals surface area contributed by atoms with Gasteiger partial charge in [-0.15, -0.1) is 10.2 Å². The Bertz CT molecular complexity index is 1300. The van der Waals surface area contributed by atoms with Crippen molar-refractivity contribution in [3.05, 3.63) is 42.1 Å². The molecule has 3 heterocycles. The van der Waals surface area contributed by atoms with Crippen LogP contribution in [-0.4, -0.2) is 34.3 Å². The van der Waals surface area contributed by atoms with Crippen LogP contribution >= 0.6 is 0 Å². The van der Waals surface area contributed by atoms with Crippen molar-refractivity contribution in [2.45, 2.75) is 50.2 Å². The second-order valence-corrected chi connectivity index (χ2v) is 9.11. The van der Waals surface area contributed by atoms with Crippen LogP contribution in [0.3, 0.4) is 0 Å². The van der Waals surface area contributed by atoms with E-state index in [0.29, 0.717) is 17.2 Å². The topological polar surface area (TPSA) is 102 Å². The molecule has 5 rings (SSSR count). The minimum Gasteiger partial charge on any atom is -0.440 e. The summed E-state index contributed by atoms with van der Waals surface area (Å²) < 4.78 is 35.5. The van der Waals surface area contributed by atoms with Gasteiger partial charge in [-0.05, 0) is 31.9 Å². The van der Waals surface area contributed by atoms with Crippen molar-refractivity contribution in [2.75, 3.05) is 0 Å². The molecule has 8 nitrogen and oxygen atoms in total. The summed E-state index contributed by atoms with van der Waals surface area (Å²) in [6, 6.07) is 10.9. The Morgan fingerprint density at radius 1 is 1.03 bits per heavy atom. The number of aromatic nitrogens is 4. The smallest absolute Gasteiger partial charge is 0.274 e. The summed E-state index contributed by atoms with van der Waals surface area (Å²) in [6.45, 7) is 1.91. The van der Waals surface area contributed by atoms with Gasteiger partial charge >= 0.3 is 0 Å². The van der Waals surface area contributed by atoms with Crippen LogP contribution in [0.2, 0.25) is 0 Å². The molecule has 1 saturated carbocycles. The minimum absolute atomic E-state index is 0.0353. The normalized spacial score (nSPS) is 16.0. The van der Waals surface area contributed by atoms with E-state index in [-0.39, 0.29) is 11.1 Å². The van der Waals surface area contributed by atoms with E-state index in [0.717, 1.165) is 48.6 Å². The number of furan rings is 1. The van der Waals surface area contributed by atoms with Crippen molar-refractivity contribution in [3.8, 4) is 11.6 Å². The molecule has 150 valence electrons. The van der Waals surface area contributed by atoms with Gasteiger partial charge in [0.2, 0.25) is 10.9 Å². The first kappa shape index (κ1) is 18.3. The number of sulfonamides is 1. The van der Waals surface area contributed by atoms with E-state index in [9.17, 15) is 8.42 Å². The quantitative estimate of drug-likeness (QED) is 0.552. The van der Waals surface area contributed by atoms with E-state index in [2.05, 4.69) is 20.0 Å². The zero-order valence-corrected chi connectivity index (χ0v) is 16.8. The van der Waals surface area contributed by atoms with Crippen molar-refractivity contribution in [1.82, 2.24) is 24.5 Å². The number of fused-ring (bicyclic) bond motifs is 3. The molecule has 0 aliphatic heterocycles. The first-order chi connectivity index (χ1) is 14.0. The summed E-state index contributed by atoms with van der Waals surface area (Å²) in [7, 11) is -3.72. The van der Waals surface area contributed by atoms with Crippen LogP contribution in [0.15, 0.2) is 45.9 Å². The van der Waals surface area contributed by atoms with E-state index in [1.807, 2.05) is 31.2 Å². The average Bonchev–Trinajstić information content (AvgIpc) is 3.36. The predicted molar refractivity (Wildman–Crippen MR) is 108 cm³/mol. The fraction of sp³-hybridized carbons (Fsp3) is 0.350. The fourth-order valence-corrected chi connectivity index (χ4v) is 5.21. The molecular formula is C20H21N5O3S. The van der Waals surface area contributed by atoms with E-state index in [1.54, 1.807) is 10.6 Å². The van der Waals surface area contributed by atoms with Crippen molar-refractivity contribution in [3.63, 3.8) is 0 Å². The number of hydrogen-bond donors (Lipinski definition) is 1. The summed E-state index contributed by atoms with van der Waals surface area (Å²) in [5.41, 5.74) is 1.43. The number of benzene rings is 1. The number of hydrogen-bond acceptors (Lipinski definition) is 6. The highest BCUT2D eigenvalue weighted by Crippen LogP contribution is 2.27. The van der Waals surface area contributed by atoms with Crippen LogP contribution in [-0.2, 0) is 10.0 Å². The highest BCUT2D eigenvalue weighted by Gasteiger charge is 2.26. The van der Waals surface area contributed by atoms with Gasteiger partial charge in [0.1, 0.15) is 0 Å². The largest absolute Gasteiger partial charge is 0.440 e. The van der Waals surface area contributed by atoms with Gasteiger partial charge in [-0.3, -0.25) is 0 Å². The maximum absolute atomic E-state index is 12.7. The van der Waals surface area contributed by atoms with Gasteiger partial charge in [-0.2, -0.15) is 9.61 Å². The highest BCUT2D eigenvalue weighted by atomic mass is 32.2. The molecule has 0 radical (unpaired) electrons. The Morgan fingerprint density at radius 3 is 2.59 bits per heavy atom. The minimum atomic E-state index is -3.72. The SMILES string of the molecule is Cc1nn2c(-c3ccc(S(=O)(=O)NC4CCCCC4)o3)nnc2c2ccccc12. The molecule has 4 aromatic rings. The summed E-state index contributed by atoms with van der Waals surface area (Å²) in [5.74, 6) is 0.677. The lowest BCUT2D eigenvalue weighted by molar-refractivity contribution is 0.400. The molecule has 29 heavy (non-hydrogen) atoms. The standard InChI is InChI=1S/C20H21N5O3S/c1-13-15-9-5-6-10-16(15)19-21-22-20(25(19)23-13)17-11-12-18(28-17)29(26,27)24-14-7-3-2-4-8-14/h5-6,9-12,14,24H,2-4,7-8H2,1H3. The van der Waals surface area contributed by atoms with Crippen LogP contribution in [0.5, 0.6) is 0 Å². The van der Waals surface area contributed by atoms with Crippen molar-refractivity contribution in [2.24, 2.45) is 0 Å². The third kappa shape index (κ3) is 3.20. The molecule has 1 aliphatic rings. The summed E-state index contributed by atoms with van der Waals surface area (Å²) in [6.07, 6.45) is 4.96. The maximum Gasteiger partial charge on any atom is 0.274 e. The van der Waals surface area contributed by atoms with Gasteiger partial charge < -0.3 is 4.42 Å². The second-order valence-electron chi connectivity index (χ2n) is 7.46. The lowest BCUT2D eigenvalue weighted by atomic mass is 9.96. The first-order valence-electron chi connectivity index (χ1n) is 9.76. The van der Waals surface area contributed by atoms with E-state index in [4.69, 9.17) is 4.42 Å². The van der Waals surface area contributed by atoms with E-state index >= 15 is 0 Å². The molecular weight excluding hydrogens is 390 g/mol. The molecule has 9 heteroatoms. The van der Waals surface area contributed by atoms with E-state index < -0.39 is 10.0 Å². The number of aryl methyl sites for hydroxylation is 1. The summed E-state index contributed by atoms with van der Waals surface area (Å²) in [4.78, 5) is 0. The molecule has 1 aliphatic carbocycles. The molecule has 0 unspecified atom stereocenters. The van der Waals surface area contributed by atoms with Crippen LogP contribution in [0, 0.1) is 6.92 Å². The second kappa shape index (κ2) is 6.93. The lowest BCUT2D eigenvalue weighted by Crippen LogP contribution is -2.35. The van der Waals surface area contributed by atoms with Gasteiger partial charge in [0.05, 0.1) is 5.69 Å². The van der Waals surface area contributed by atoms with Crippen molar-refractivity contribution < 1.29 is 12.8 Å². The molecule has 1 N–H and O–H groups in total. The Hall–Kier alpha value is -2.78. The van der Waals surface area contributed by atoms with Gasteiger partial charge in [-0.25, -0.2) is 13.1 Å². The molecule has 3 aromatic heterocycles. The Morgan fingerprint density at radius 2 is 1.79 bits per heavy atom. The third-order valence-corrected chi connectivity index (χ3v) is 6.83. The summed E-state index contributed by atoms with van der Waals surface area (Å²) in [5, 5.41) is 14.8. The summed E-state index contributed by atoms with van der Waals surface area (Å²) >= 11 is 0. The van der Waals surface area contributed by atoms with Crippen LogP contribution in [0.4, 0.5) is 0 Å². The van der Waals surface area contributed by atoms with Crippen LogP contribution in [0.25, 0.3) is 28.0 Å². The number of rotatable bonds is 4. The Kier molecular flexibility index (Phi) is 4.36. The van der Waals surface area contributed by atoms with Gasteiger partial charge in [-0.1, -0.05) is 43.5 Å². The van der Waals surface area contributed by atoms with Crippen LogP contribution < -0.4 is 4.72 Å². The predicted octanol–water partition coefficient (Wildman–Crippen LogP) is 3.46. The molecule has 0 amide bonds. The van der Waals surface area contributed by atoms with E-state index in [1.165, 1.54) is 6.07 Å². The monoisotopic (exact) mass is 411 g/mol. The Balaban J connectivity index is 1.53. The zero-order valence-electron chi connectivity index (χ0n) is 16.0. The van der Waals surface area contributed by atoms with Crippen LogP contribution in [0.1, 0.15) is 37.8 Å². The van der Waals surface area contributed by atoms with Crippen molar-refractivity contribution >= 4 is 26.4 Å². The maximum atomic E-state index is 12.7. The average molecular weight is 411 g/mol. The Labute approximate surface area is 168 Å². The molecule has 0 saturated heterocycles. The lowest BCUT2D eigenvalue weighted by Gasteiger charge is -2.21. The van der Waals surface area contributed by atoms with Crippen molar-refractivity contribution in [1.29, 1.82) is 0 Å². The number of nitrogens with zero attached hydrogens (tertiary/aromatic N) is 4. The molecule has 0 spiro atoms. The highest BCUT2D eigenvalue weighted by molar-refractivity contribution is 7.89. The molecule has 0 bridgehead atoms. The van der Waals surface area contributed by atoms with Gasteiger partial charge in [0, 0.05) is 16.8 Å². The molecule has 0 atom stereocenters. The zero-order chi connectivity index (χ0) is 20.0. The molecule has 1 aromatic carbocycles. The molecule has 1 fully saturated rings. The third-order valence-electron chi connectivity index (χ3n) is 5.44. The fourth-order valence-electron chi connectivity index (χ4n) is 3.98. The van der Waals surface area contributed by atoms with Gasteiger partial charge in [0.25, 0.3) is 10.0 Å². The van der Waals surface area contributed by atoms with Gasteiger partial charge in [0.15, 0.2) is 11.4 Å².